The van der Waals surface area contributed by atoms with Crippen molar-refractivity contribution in [3.8, 4) is 5.75 Å². The van der Waals surface area contributed by atoms with Crippen LogP contribution in [-0.4, -0.2) is 25.1 Å². The zero-order chi connectivity index (χ0) is 14.6. The number of carbonyl (C=O) groups is 1. The van der Waals surface area contributed by atoms with Crippen molar-refractivity contribution in [1.29, 1.82) is 0 Å². The van der Waals surface area contributed by atoms with Crippen LogP contribution in [0.3, 0.4) is 0 Å². The molecule has 0 bridgehead atoms. The first-order chi connectivity index (χ1) is 8.84. The van der Waals surface area contributed by atoms with Crippen LogP contribution < -0.4 is 15.8 Å². The lowest BCUT2D eigenvalue weighted by atomic mass is 9.88. The number of nitrogens with one attached hydrogen (secondary N) is 1. The second kappa shape index (κ2) is 7.86. The molecule has 1 aromatic rings. The fraction of sp³-hybridized carbons (Fsp3) is 0.500. The molecule has 0 radical (unpaired) electrons. The van der Waals surface area contributed by atoms with E-state index in [0.717, 1.165) is 4.47 Å². The first-order valence-corrected chi connectivity index (χ1v) is 6.99. The summed E-state index contributed by atoms with van der Waals surface area (Å²) in [6, 6.07) is 5.23. The Hall–Kier alpha value is -0.780. The minimum absolute atomic E-state index is 0. The molecule has 6 heteroatoms. The van der Waals surface area contributed by atoms with E-state index in [-0.39, 0.29) is 24.2 Å². The summed E-state index contributed by atoms with van der Waals surface area (Å²) in [5, 5.41) is 3.00. The number of halogens is 2. The second-order valence-electron chi connectivity index (χ2n) is 5.08. The van der Waals surface area contributed by atoms with Gasteiger partial charge in [-0.1, -0.05) is 13.8 Å². The van der Waals surface area contributed by atoms with Gasteiger partial charge in [-0.05, 0) is 47.0 Å². The first kappa shape index (κ1) is 19.2. The maximum atomic E-state index is 12.2. The molecule has 4 nitrogen and oxygen atoms in total. The molecule has 1 unspecified atom stereocenters. The molecule has 0 aliphatic carbocycles. The molecule has 20 heavy (non-hydrogen) atoms. The number of nitrogens with two attached hydrogens (primary N) is 1. The van der Waals surface area contributed by atoms with Gasteiger partial charge in [0.2, 0.25) is 0 Å². The maximum Gasteiger partial charge on any atom is 0.251 e. The number of rotatable bonds is 5. The van der Waals surface area contributed by atoms with Gasteiger partial charge in [-0.3, -0.25) is 4.79 Å². The average Bonchev–Trinajstić information content (AvgIpc) is 2.38. The molecule has 0 heterocycles. The highest BCUT2D eigenvalue weighted by molar-refractivity contribution is 9.10. The van der Waals surface area contributed by atoms with E-state index in [1.54, 1.807) is 25.3 Å². The van der Waals surface area contributed by atoms with Crippen molar-refractivity contribution in [3.05, 3.63) is 28.2 Å². The third-order valence-electron chi connectivity index (χ3n) is 3.51. The average molecular weight is 366 g/mol. The van der Waals surface area contributed by atoms with Gasteiger partial charge in [0.05, 0.1) is 17.1 Å². The van der Waals surface area contributed by atoms with Crippen LogP contribution in [0.4, 0.5) is 0 Å². The Morgan fingerprint density at radius 1 is 1.50 bits per heavy atom. The van der Waals surface area contributed by atoms with Crippen molar-refractivity contribution in [2.75, 3.05) is 13.7 Å². The molecule has 0 aliphatic heterocycles. The van der Waals surface area contributed by atoms with Crippen LogP contribution in [0, 0.1) is 5.92 Å². The van der Waals surface area contributed by atoms with Gasteiger partial charge in [-0.15, -0.1) is 12.4 Å². The third kappa shape index (κ3) is 4.36. The number of hydrogen-bond donors (Lipinski definition) is 2. The monoisotopic (exact) mass is 364 g/mol. The van der Waals surface area contributed by atoms with Crippen molar-refractivity contribution in [2.24, 2.45) is 11.7 Å². The zero-order valence-corrected chi connectivity index (χ0v) is 14.6. The minimum Gasteiger partial charge on any atom is -0.496 e. The molecule has 114 valence electrons. The predicted octanol–water partition coefficient (Wildman–Crippen LogP) is 2.98. The van der Waals surface area contributed by atoms with Gasteiger partial charge in [-0.2, -0.15) is 0 Å². The molecular weight excluding hydrogens is 344 g/mol. The number of ether oxygens (including phenoxy) is 1. The lowest BCUT2D eigenvalue weighted by Crippen LogP contribution is -2.55. The quantitative estimate of drug-likeness (QED) is 0.843. The van der Waals surface area contributed by atoms with E-state index < -0.39 is 5.54 Å². The molecule has 0 aliphatic rings. The van der Waals surface area contributed by atoms with Crippen molar-refractivity contribution in [1.82, 2.24) is 5.32 Å². The molecule has 0 aromatic heterocycles. The highest BCUT2D eigenvalue weighted by Crippen LogP contribution is 2.26. The summed E-state index contributed by atoms with van der Waals surface area (Å²) in [4.78, 5) is 12.2. The van der Waals surface area contributed by atoms with Crippen molar-refractivity contribution >= 4 is 34.2 Å². The summed E-state index contributed by atoms with van der Waals surface area (Å²) in [6.07, 6.45) is 0. The number of amides is 1. The number of methoxy groups -OCH3 is 1. The van der Waals surface area contributed by atoms with Crippen molar-refractivity contribution in [2.45, 2.75) is 26.3 Å². The van der Waals surface area contributed by atoms with Gasteiger partial charge in [0.15, 0.2) is 0 Å². The summed E-state index contributed by atoms with van der Waals surface area (Å²) < 4.78 is 5.89. The number of hydrogen-bond acceptors (Lipinski definition) is 3. The fourth-order valence-electron chi connectivity index (χ4n) is 1.57. The SMILES string of the molecule is COc1ccc(C(=O)NC(C)(CN)C(C)C)cc1Br.Cl. The zero-order valence-electron chi connectivity index (χ0n) is 12.2. The highest BCUT2D eigenvalue weighted by Gasteiger charge is 2.29. The van der Waals surface area contributed by atoms with Crippen molar-refractivity contribution < 1.29 is 9.53 Å². The topological polar surface area (TPSA) is 64.3 Å². The van der Waals surface area contributed by atoms with Crippen LogP contribution in [-0.2, 0) is 0 Å². The van der Waals surface area contributed by atoms with Gasteiger partial charge < -0.3 is 15.8 Å². The van der Waals surface area contributed by atoms with E-state index in [1.165, 1.54) is 0 Å². The van der Waals surface area contributed by atoms with Gasteiger partial charge in [-0.25, -0.2) is 0 Å². The van der Waals surface area contributed by atoms with E-state index in [1.807, 2.05) is 20.8 Å². The van der Waals surface area contributed by atoms with Crippen LogP contribution in [0.2, 0.25) is 0 Å². The third-order valence-corrected chi connectivity index (χ3v) is 4.13. The smallest absolute Gasteiger partial charge is 0.251 e. The van der Waals surface area contributed by atoms with Crippen molar-refractivity contribution in [3.63, 3.8) is 0 Å². The molecule has 0 fully saturated rings. The summed E-state index contributed by atoms with van der Waals surface area (Å²) in [5.74, 6) is 0.815. The molecule has 1 atom stereocenters. The van der Waals surface area contributed by atoms with Crippen LogP contribution in [0.1, 0.15) is 31.1 Å². The molecule has 1 rings (SSSR count). The molecule has 0 saturated heterocycles. The molecule has 0 spiro atoms. The Morgan fingerprint density at radius 3 is 2.50 bits per heavy atom. The van der Waals surface area contributed by atoms with E-state index in [0.29, 0.717) is 17.9 Å². The Kier molecular flexibility index (Phi) is 7.55. The Morgan fingerprint density at radius 2 is 2.10 bits per heavy atom. The Balaban J connectivity index is 0.00000361. The lowest BCUT2D eigenvalue weighted by Gasteiger charge is -2.33. The van der Waals surface area contributed by atoms with Gasteiger partial charge in [0.25, 0.3) is 5.91 Å². The molecule has 3 N–H and O–H groups in total. The maximum absolute atomic E-state index is 12.2. The summed E-state index contributed by atoms with van der Waals surface area (Å²) in [6.45, 7) is 6.43. The summed E-state index contributed by atoms with van der Waals surface area (Å²) in [5.41, 5.74) is 5.93. The largest absolute Gasteiger partial charge is 0.496 e. The van der Waals surface area contributed by atoms with Crippen LogP contribution in [0.15, 0.2) is 22.7 Å². The first-order valence-electron chi connectivity index (χ1n) is 6.20. The molecular formula is C14H22BrClN2O2. The Bertz CT molecular complexity index is 468. The van der Waals surface area contributed by atoms with Crippen LogP contribution >= 0.6 is 28.3 Å². The van der Waals surface area contributed by atoms with E-state index >= 15 is 0 Å². The van der Waals surface area contributed by atoms with Gasteiger partial charge in [0.1, 0.15) is 5.75 Å². The lowest BCUT2D eigenvalue weighted by molar-refractivity contribution is 0.0883. The van der Waals surface area contributed by atoms with Gasteiger partial charge >= 0.3 is 0 Å². The molecule has 0 saturated carbocycles. The second-order valence-corrected chi connectivity index (χ2v) is 5.93. The summed E-state index contributed by atoms with van der Waals surface area (Å²) in [7, 11) is 1.59. The molecule has 1 amide bonds. The highest BCUT2D eigenvalue weighted by atomic mass is 79.9. The minimum atomic E-state index is -0.413. The van der Waals surface area contributed by atoms with E-state index in [4.69, 9.17) is 10.5 Å². The normalized spacial score (nSPS) is 13.3. The number of benzene rings is 1. The van der Waals surface area contributed by atoms with Gasteiger partial charge in [0, 0.05) is 12.1 Å². The predicted molar refractivity (Wildman–Crippen MR) is 87.7 cm³/mol. The van der Waals surface area contributed by atoms with Crippen LogP contribution in [0.25, 0.3) is 0 Å². The molecule has 1 aromatic carbocycles. The van der Waals surface area contributed by atoms with Crippen LogP contribution in [0.5, 0.6) is 5.75 Å². The summed E-state index contributed by atoms with van der Waals surface area (Å²) >= 11 is 3.37. The van der Waals surface area contributed by atoms with E-state index in [9.17, 15) is 4.79 Å². The Labute approximate surface area is 135 Å². The fourth-order valence-corrected chi connectivity index (χ4v) is 2.11. The standard InChI is InChI=1S/C14H21BrN2O2.ClH/c1-9(2)14(3,8-16)17-13(18)10-5-6-12(19-4)11(15)7-10;/h5-7,9H,8,16H2,1-4H3,(H,17,18);1H. The number of carbonyl (C=O) groups excluding carboxylic acids is 1. The van der Waals surface area contributed by atoms with E-state index in [2.05, 4.69) is 21.2 Å².